The lowest BCUT2D eigenvalue weighted by atomic mass is 10.1. The highest BCUT2D eigenvalue weighted by Crippen LogP contribution is 2.18. The van der Waals surface area contributed by atoms with E-state index in [1.54, 1.807) is 24.5 Å². The molecular weight excluding hydrogens is 238 g/mol. The van der Waals surface area contributed by atoms with E-state index in [2.05, 4.69) is 5.32 Å². The Morgan fingerprint density at radius 2 is 2.18 bits per heavy atom. The standard InChI is InChI=1S/C12H17NO3S/c1-8-4-5-10(12(14)15)11(6-8)13-9(2)7-17(3)16/h4-6,9,13H,7H2,1-3H3,(H,14,15). The summed E-state index contributed by atoms with van der Waals surface area (Å²) < 4.78 is 11.1. The first-order valence-corrected chi connectivity index (χ1v) is 7.03. The molecule has 0 heterocycles. The average Bonchev–Trinajstić information content (AvgIpc) is 2.15. The monoisotopic (exact) mass is 255 g/mol. The van der Waals surface area contributed by atoms with Crippen LogP contribution in [0.15, 0.2) is 18.2 Å². The van der Waals surface area contributed by atoms with Crippen molar-refractivity contribution < 1.29 is 14.1 Å². The van der Waals surface area contributed by atoms with Gasteiger partial charge in [-0.3, -0.25) is 4.21 Å². The fourth-order valence-corrected chi connectivity index (χ4v) is 2.41. The van der Waals surface area contributed by atoms with Crippen molar-refractivity contribution in [1.82, 2.24) is 0 Å². The van der Waals surface area contributed by atoms with E-state index in [4.69, 9.17) is 5.11 Å². The highest BCUT2D eigenvalue weighted by atomic mass is 32.2. The van der Waals surface area contributed by atoms with Crippen molar-refractivity contribution in [2.24, 2.45) is 0 Å². The van der Waals surface area contributed by atoms with Gasteiger partial charge in [-0.05, 0) is 31.5 Å². The number of carboxylic acids is 1. The van der Waals surface area contributed by atoms with Crippen LogP contribution in [0.1, 0.15) is 22.8 Å². The van der Waals surface area contributed by atoms with Crippen LogP contribution in [0.3, 0.4) is 0 Å². The van der Waals surface area contributed by atoms with Crippen LogP contribution in [0.4, 0.5) is 5.69 Å². The highest BCUT2D eigenvalue weighted by molar-refractivity contribution is 7.84. The number of hydrogen-bond donors (Lipinski definition) is 2. The molecule has 1 aromatic carbocycles. The Bertz CT molecular complexity index is 445. The van der Waals surface area contributed by atoms with Crippen LogP contribution in [-0.4, -0.2) is 33.3 Å². The van der Waals surface area contributed by atoms with Gasteiger partial charge in [0.2, 0.25) is 0 Å². The SMILES string of the molecule is Cc1ccc(C(=O)O)c(NC(C)CS(C)=O)c1. The Morgan fingerprint density at radius 3 is 2.71 bits per heavy atom. The molecule has 1 aromatic rings. The minimum Gasteiger partial charge on any atom is -0.478 e. The summed E-state index contributed by atoms with van der Waals surface area (Å²) in [6.07, 6.45) is 1.63. The summed E-state index contributed by atoms with van der Waals surface area (Å²) in [4.78, 5) is 11.0. The van der Waals surface area contributed by atoms with E-state index in [9.17, 15) is 9.00 Å². The van der Waals surface area contributed by atoms with E-state index in [-0.39, 0.29) is 11.6 Å². The third-order valence-electron chi connectivity index (χ3n) is 2.29. The van der Waals surface area contributed by atoms with Gasteiger partial charge in [0.15, 0.2) is 0 Å². The van der Waals surface area contributed by atoms with Crippen LogP contribution in [0.25, 0.3) is 0 Å². The number of benzene rings is 1. The molecule has 2 atom stereocenters. The quantitative estimate of drug-likeness (QED) is 0.843. The summed E-state index contributed by atoms with van der Waals surface area (Å²) in [5, 5.41) is 12.1. The van der Waals surface area contributed by atoms with Crippen LogP contribution < -0.4 is 5.32 Å². The maximum atomic E-state index is 11.1. The zero-order valence-electron chi connectivity index (χ0n) is 10.2. The molecule has 0 radical (unpaired) electrons. The second kappa shape index (κ2) is 5.82. The van der Waals surface area contributed by atoms with Crippen LogP contribution in [-0.2, 0) is 10.8 Å². The molecule has 0 aliphatic carbocycles. The molecule has 0 aromatic heterocycles. The highest BCUT2D eigenvalue weighted by Gasteiger charge is 2.12. The Balaban J connectivity index is 2.92. The summed E-state index contributed by atoms with van der Waals surface area (Å²) in [6.45, 7) is 3.79. The van der Waals surface area contributed by atoms with Gasteiger partial charge in [-0.15, -0.1) is 0 Å². The summed E-state index contributed by atoms with van der Waals surface area (Å²) in [5.41, 5.74) is 1.81. The van der Waals surface area contributed by atoms with Crippen molar-refractivity contribution in [1.29, 1.82) is 0 Å². The lowest BCUT2D eigenvalue weighted by Crippen LogP contribution is -2.23. The van der Waals surface area contributed by atoms with Crippen LogP contribution in [0.2, 0.25) is 0 Å². The fourth-order valence-electron chi connectivity index (χ4n) is 1.62. The minimum absolute atomic E-state index is 0.0271. The maximum absolute atomic E-state index is 11.1. The maximum Gasteiger partial charge on any atom is 0.337 e. The topological polar surface area (TPSA) is 66.4 Å². The van der Waals surface area contributed by atoms with Gasteiger partial charge in [-0.2, -0.15) is 0 Å². The number of hydrogen-bond acceptors (Lipinski definition) is 3. The molecule has 0 spiro atoms. The third-order valence-corrected chi connectivity index (χ3v) is 3.26. The minimum atomic E-state index is -0.961. The number of anilines is 1. The van der Waals surface area contributed by atoms with E-state index in [1.165, 1.54) is 0 Å². The number of carbonyl (C=O) groups is 1. The summed E-state index contributed by atoms with van der Waals surface area (Å²) >= 11 is 0. The molecule has 0 aliphatic heterocycles. The Kier molecular flexibility index (Phi) is 4.69. The molecule has 0 saturated heterocycles. The molecule has 2 N–H and O–H groups in total. The van der Waals surface area contributed by atoms with Gasteiger partial charge in [-0.1, -0.05) is 6.07 Å². The van der Waals surface area contributed by atoms with Crippen molar-refractivity contribution in [3.05, 3.63) is 29.3 Å². The van der Waals surface area contributed by atoms with Crippen molar-refractivity contribution >= 4 is 22.5 Å². The van der Waals surface area contributed by atoms with E-state index < -0.39 is 16.8 Å². The molecular formula is C12H17NO3S. The van der Waals surface area contributed by atoms with E-state index in [0.717, 1.165) is 5.56 Å². The zero-order chi connectivity index (χ0) is 13.0. The van der Waals surface area contributed by atoms with Crippen molar-refractivity contribution in [2.75, 3.05) is 17.3 Å². The molecule has 0 amide bonds. The fraction of sp³-hybridized carbons (Fsp3) is 0.417. The number of nitrogens with one attached hydrogen (secondary N) is 1. The van der Waals surface area contributed by atoms with Crippen molar-refractivity contribution in [2.45, 2.75) is 19.9 Å². The first-order valence-electron chi connectivity index (χ1n) is 5.30. The lowest BCUT2D eigenvalue weighted by Gasteiger charge is -2.16. The van der Waals surface area contributed by atoms with E-state index >= 15 is 0 Å². The van der Waals surface area contributed by atoms with E-state index in [1.807, 2.05) is 13.8 Å². The molecule has 0 saturated carbocycles. The Hall–Kier alpha value is -1.36. The number of rotatable bonds is 5. The number of aryl methyl sites for hydroxylation is 1. The second-order valence-electron chi connectivity index (χ2n) is 4.14. The molecule has 1 rings (SSSR count). The smallest absolute Gasteiger partial charge is 0.337 e. The lowest BCUT2D eigenvalue weighted by molar-refractivity contribution is 0.0698. The van der Waals surface area contributed by atoms with Crippen LogP contribution >= 0.6 is 0 Å². The molecule has 0 bridgehead atoms. The zero-order valence-corrected chi connectivity index (χ0v) is 11.0. The van der Waals surface area contributed by atoms with Gasteiger partial charge < -0.3 is 10.4 Å². The largest absolute Gasteiger partial charge is 0.478 e. The van der Waals surface area contributed by atoms with Crippen molar-refractivity contribution in [3.8, 4) is 0 Å². The Morgan fingerprint density at radius 1 is 1.53 bits per heavy atom. The molecule has 2 unspecified atom stereocenters. The predicted octanol–water partition coefficient (Wildman–Crippen LogP) is 1.87. The van der Waals surface area contributed by atoms with Gasteiger partial charge >= 0.3 is 5.97 Å². The predicted molar refractivity (Wildman–Crippen MR) is 70.2 cm³/mol. The van der Waals surface area contributed by atoms with Crippen molar-refractivity contribution in [3.63, 3.8) is 0 Å². The van der Waals surface area contributed by atoms with Crippen LogP contribution in [0, 0.1) is 6.92 Å². The van der Waals surface area contributed by atoms with Gasteiger partial charge in [0.05, 0.1) is 5.56 Å². The summed E-state index contributed by atoms with van der Waals surface area (Å²) in [6, 6.07) is 5.10. The number of carboxylic acid groups (broad SMARTS) is 1. The average molecular weight is 255 g/mol. The van der Waals surface area contributed by atoms with Gasteiger partial charge in [0, 0.05) is 34.5 Å². The summed E-state index contributed by atoms with van der Waals surface area (Å²) in [7, 11) is -0.902. The normalized spacial score (nSPS) is 14.1. The van der Waals surface area contributed by atoms with Gasteiger partial charge in [0.25, 0.3) is 0 Å². The first kappa shape index (κ1) is 13.7. The molecule has 17 heavy (non-hydrogen) atoms. The second-order valence-corrected chi connectivity index (χ2v) is 5.62. The third kappa shape index (κ3) is 4.19. The molecule has 0 aliphatic rings. The molecule has 4 nitrogen and oxygen atoms in total. The molecule has 5 heteroatoms. The van der Waals surface area contributed by atoms with E-state index in [0.29, 0.717) is 11.4 Å². The van der Waals surface area contributed by atoms with Crippen LogP contribution in [0.5, 0.6) is 0 Å². The van der Waals surface area contributed by atoms with Gasteiger partial charge in [-0.25, -0.2) is 4.79 Å². The summed E-state index contributed by atoms with van der Waals surface area (Å²) in [5.74, 6) is -0.468. The molecule has 94 valence electrons. The Labute approximate surface area is 104 Å². The van der Waals surface area contributed by atoms with Gasteiger partial charge in [0.1, 0.15) is 0 Å². The molecule has 0 fully saturated rings. The first-order chi connectivity index (χ1) is 7.90. The number of aromatic carboxylic acids is 1.